The van der Waals surface area contributed by atoms with Crippen molar-refractivity contribution < 1.29 is 9.18 Å². The number of amides is 1. The number of rotatable bonds is 6. The van der Waals surface area contributed by atoms with E-state index in [1.54, 1.807) is 18.2 Å². The third kappa shape index (κ3) is 5.07. The molecule has 2 aromatic carbocycles. The van der Waals surface area contributed by atoms with Gasteiger partial charge in [0.05, 0.1) is 0 Å². The number of hydrogen-bond donors (Lipinski definition) is 1. The molecule has 0 atom stereocenters. The zero-order valence-electron chi connectivity index (χ0n) is 16.1. The lowest BCUT2D eigenvalue weighted by Gasteiger charge is -2.38. The number of hydrogen-bond acceptors (Lipinski definition) is 3. The monoisotopic (exact) mass is 369 g/mol. The third-order valence-electron chi connectivity index (χ3n) is 5.18. The molecule has 1 heterocycles. The van der Waals surface area contributed by atoms with E-state index in [1.165, 1.54) is 6.07 Å². The molecule has 0 spiro atoms. The predicted octanol–water partition coefficient (Wildman–Crippen LogP) is 3.33. The Morgan fingerprint density at radius 2 is 1.70 bits per heavy atom. The summed E-state index contributed by atoms with van der Waals surface area (Å²) in [5.74, 6) is -0.351. The normalized spacial score (nSPS) is 15.2. The minimum atomic E-state index is -0.228. The lowest BCUT2D eigenvalue weighted by atomic mass is 10.1. The minimum absolute atomic E-state index is 0.123. The largest absolute Gasteiger partial charge is 0.369 e. The van der Waals surface area contributed by atoms with Gasteiger partial charge >= 0.3 is 0 Å². The zero-order valence-corrected chi connectivity index (χ0v) is 16.1. The molecular formula is C22H28FN3O. The van der Waals surface area contributed by atoms with Crippen LogP contribution in [-0.2, 0) is 6.42 Å². The lowest BCUT2D eigenvalue weighted by molar-refractivity contribution is 0.0954. The molecule has 0 unspecified atom stereocenters. The van der Waals surface area contributed by atoms with Gasteiger partial charge in [-0.1, -0.05) is 18.2 Å². The van der Waals surface area contributed by atoms with Gasteiger partial charge in [0.1, 0.15) is 5.82 Å². The Bertz CT molecular complexity index is 752. The second-order valence-electron chi connectivity index (χ2n) is 7.26. The number of benzene rings is 2. The molecule has 4 nitrogen and oxygen atoms in total. The topological polar surface area (TPSA) is 35.6 Å². The minimum Gasteiger partial charge on any atom is -0.369 e. The van der Waals surface area contributed by atoms with Crippen molar-refractivity contribution in [3.63, 3.8) is 0 Å². The highest BCUT2D eigenvalue weighted by molar-refractivity contribution is 5.94. The van der Waals surface area contributed by atoms with Crippen LogP contribution in [0, 0.1) is 5.82 Å². The summed E-state index contributed by atoms with van der Waals surface area (Å²) in [7, 11) is 0. The van der Waals surface area contributed by atoms with Gasteiger partial charge in [-0.15, -0.1) is 0 Å². The molecule has 1 aliphatic rings. The smallest absolute Gasteiger partial charge is 0.251 e. The second kappa shape index (κ2) is 9.00. The molecule has 27 heavy (non-hydrogen) atoms. The highest BCUT2D eigenvalue weighted by Crippen LogP contribution is 2.18. The Balaban J connectivity index is 1.50. The van der Waals surface area contributed by atoms with Crippen molar-refractivity contribution in [3.8, 4) is 0 Å². The van der Waals surface area contributed by atoms with Gasteiger partial charge in [0, 0.05) is 50.0 Å². The first-order valence-electron chi connectivity index (χ1n) is 9.65. The molecule has 0 bridgehead atoms. The molecule has 1 fully saturated rings. The van der Waals surface area contributed by atoms with Crippen LogP contribution in [0.15, 0.2) is 48.5 Å². The van der Waals surface area contributed by atoms with Gasteiger partial charge in [0.15, 0.2) is 0 Å². The van der Waals surface area contributed by atoms with Crippen molar-refractivity contribution >= 4 is 11.6 Å². The summed E-state index contributed by atoms with van der Waals surface area (Å²) in [5, 5.41) is 2.87. The van der Waals surface area contributed by atoms with E-state index in [0.29, 0.717) is 30.1 Å². The van der Waals surface area contributed by atoms with Gasteiger partial charge in [0.25, 0.3) is 5.91 Å². The Labute approximate surface area is 161 Å². The molecule has 1 N–H and O–H groups in total. The first kappa shape index (κ1) is 19.4. The van der Waals surface area contributed by atoms with Crippen molar-refractivity contribution in [1.29, 1.82) is 0 Å². The van der Waals surface area contributed by atoms with E-state index < -0.39 is 0 Å². The molecule has 0 aromatic heterocycles. The molecular weight excluding hydrogens is 341 g/mol. The van der Waals surface area contributed by atoms with Gasteiger partial charge in [-0.25, -0.2) is 4.39 Å². The summed E-state index contributed by atoms with van der Waals surface area (Å²) >= 11 is 0. The number of carbonyl (C=O) groups excluding carboxylic acids is 1. The van der Waals surface area contributed by atoms with Crippen molar-refractivity contribution in [2.24, 2.45) is 0 Å². The number of halogens is 1. The first-order valence-corrected chi connectivity index (χ1v) is 9.65. The first-order chi connectivity index (χ1) is 13.0. The molecule has 0 aliphatic carbocycles. The number of nitrogens with one attached hydrogen (secondary N) is 1. The van der Waals surface area contributed by atoms with Gasteiger partial charge in [-0.05, 0) is 56.2 Å². The van der Waals surface area contributed by atoms with Crippen LogP contribution >= 0.6 is 0 Å². The van der Waals surface area contributed by atoms with Crippen molar-refractivity contribution in [3.05, 3.63) is 65.5 Å². The van der Waals surface area contributed by atoms with E-state index in [1.807, 2.05) is 24.3 Å². The molecule has 5 heteroatoms. The fourth-order valence-corrected chi connectivity index (χ4v) is 3.43. The highest BCUT2D eigenvalue weighted by Gasteiger charge is 2.19. The quantitative estimate of drug-likeness (QED) is 0.848. The van der Waals surface area contributed by atoms with Gasteiger partial charge in [-0.3, -0.25) is 9.69 Å². The SMILES string of the molecule is CC(C)N1CCN(c2ccc(C(=O)NCCc3ccccc3F)cc2)CC1. The van der Waals surface area contributed by atoms with Crippen LogP contribution in [0.5, 0.6) is 0 Å². The molecule has 1 aliphatic heterocycles. The average Bonchev–Trinajstić information content (AvgIpc) is 2.69. The molecule has 1 amide bonds. The van der Waals surface area contributed by atoms with Gasteiger partial charge in [-0.2, -0.15) is 0 Å². The molecule has 2 aromatic rings. The number of carbonyl (C=O) groups is 1. The van der Waals surface area contributed by atoms with E-state index in [9.17, 15) is 9.18 Å². The van der Waals surface area contributed by atoms with Crippen LogP contribution in [0.2, 0.25) is 0 Å². The van der Waals surface area contributed by atoms with E-state index in [2.05, 4.69) is 29.0 Å². The third-order valence-corrected chi connectivity index (χ3v) is 5.18. The average molecular weight is 369 g/mol. The van der Waals surface area contributed by atoms with Crippen molar-refractivity contribution in [2.45, 2.75) is 26.3 Å². The molecule has 1 saturated heterocycles. The zero-order chi connectivity index (χ0) is 19.2. The predicted molar refractivity (Wildman–Crippen MR) is 108 cm³/mol. The Morgan fingerprint density at radius 1 is 1.04 bits per heavy atom. The lowest BCUT2D eigenvalue weighted by Crippen LogP contribution is -2.48. The fourth-order valence-electron chi connectivity index (χ4n) is 3.43. The maximum Gasteiger partial charge on any atom is 0.251 e. The summed E-state index contributed by atoms with van der Waals surface area (Å²) in [6, 6.07) is 15.0. The van der Waals surface area contributed by atoms with E-state index >= 15 is 0 Å². The number of anilines is 1. The maximum absolute atomic E-state index is 13.6. The summed E-state index contributed by atoms with van der Waals surface area (Å²) < 4.78 is 13.6. The highest BCUT2D eigenvalue weighted by atomic mass is 19.1. The van der Waals surface area contributed by atoms with Gasteiger partial charge in [0.2, 0.25) is 0 Å². The standard InChI is InChI=1S/C22H28FN3O/c1-17(2)25-13-15-26(16-14-25)20-9-7-19(8-10-20)22(27)24-12-11-18-5-3-4-6-21(18)23/h3-10,17H,11-16H2,1-2H3,(H,24,27). The molecule has 144 valence electrons. The number of nitrogens with zero attached hydrogens (tertiary/aromatic N) is 2. The second-order valence-corrected chi connectivity index (χ2v) is 7.26. The Morgan fingerprint density at radius 3 is 2.33 bits per heavy atom. The van der Waals surface area contributed by atoms with Crippen LogP contribution in [-0.4, -0.2) is 49.6 Å². The van der Waals surface area contributed by atoms with E-state index in [-0.39, 0.29) is 11.7 Å². The van der Waals surface area contributed by atoms with E-state index in [0.717, 1.165) is 31.9 Å². The summed E-state index contributed by atoms with van der Waals surface area (Å²) in [6.07, 6.45) is 0.483. The Hall–Kier alpha value is -2.40. The van der Waals surface area contributed by atoms with Crippen LogP contribution in [0.1, 0.15) is 29.8 Å². The Kier molecular flexibility index (Phi) is 6.45. The maximum atomic E-state index is 13.6. The molecule has 3 rings (SSSR count). The van der Waals surface area contributed by atoms with Crippen molar-refractivity contribution in [1.82, 2.24) is 10.2 Å². The molecule has 0 radical (unpaired) electrons. The van der Waals surface area contributed by atoms with Crippen LogP contribution in [0.25, 0.3) is 0 Å². The van der Waals surface area contributed by atoms with E-state index in [4.69, 9.17) is 0 Å². The van der Waals surface area contributed by atoms with Crippen molar-refractivity contribution in [2.75, 3.05) is 37.6 Å². The summed E-state index contributed by atoms with van der Waals surface area (Å²) in [6.45, 7) is 9.02. The number of piperazine rings is 1. The molecule has 0 saturated carbocycles. The van der Waals surface area contributed by atoms with Crippen LogP contribution < -0.4 is 10.2 Å². The fraction of sp³-hybridized carbons (Fsp3) is 0.409. The summed E-state index contributed by atoms with van der Waals surface area (Å²) in [4.78, 5) is 17.1. The summed E-state index contributed by atoms with van der Waals surface area (Å²) in [5.41, 5.74) is 2.41. The van der Waals surface area contributed by atoms with Crippen LogP contribution in [0.4, 0.5) is 10.1 Å². The van der Waals surface area contributed by atoms with Crippen LogP contribution in [0.3, 0.4) is 0 Å². The van der Waals surface area contributed by atoms with Gasteiger partial charge < -0.3 is 10.2 Å².